The normalized spacial score (nSPS) is 15.4. The zero-order chi connectivity index (χ0) is 12.5. The van der Waals surface area contributed by atoms with Crippen molar-refractivity contribution in [3.05, 3.63) is 47.4 Å². The molecule has 0 fully saturated rings. The first-order valence-corrected chi connectivity index (χ1v) is 6.75. The van der Waals surface area contributed by atoms with Gasteiger partial charge >= 0.3 is 0 Å². The Bertz CT molecular complexity index is 562. The van der Waals surface area contributed by atoms with Crippen molar-refractivity contribution in [3.63, 3.8) is 0 Å². The van der Waals surface area contributed by atoms with E-state index in [-0.39, 0.29) is 4.83 Å². The number of furan rings is 1. The zero-order valence-corrected chi connectivity index (χ0v) is 11.6. The van der Waals surface area contributed by atoms with Gasteiger partial charge < -0.3 is 13.9 Å². The fourth-order valence-electron chi connectivity index (χ4n) is 2.05. The highest BCUT2D eigenvalue weighted by molar-refractivity contribution is 9.09. The molecule has 94 valence electrons. The maximum Gasteiger partial charge on any atom is 0.161 e. The van der Waals surface area contributed by atoms with Gasteiger partial charge in [-0.1, -0.05) is 22.0 Å². The molecule has 18 heavy (non-hydrogen) atoms. The summed E-state index contributed by atoms with van der Waals surface area (Å²) < 4.78 is 16.4. The summed E-state index contributed by atoms with van der Waals surface area (Å²) in [7, 11) is 0. The van der Waals surface area contributed by atoms with Gasteiger partial charge in [0.25, 0.3) is 0 Å². The molecule has 0 bridgehead atoms. The molecule has 0 N–H and O–H groups in total. The summed E-state index contributed by atoms with van der Waals surface area (Å²) in [5.74, 6) is 2.55. The lowest BCUT2D eigenvalue weighted by Gasteiger charge is -2.20. The molecule has 0 aliphatic carbocycles. The number of aryl methyl sites for hydroxylation is 1. The molecule has 1 aromatic carbocycles. The summed E-state index contributed by atoms with van der Waals surface area (Å²) in [6, 6.07) is 7.98. The van der Waals surface area contributed by atoms with Crippen molar-refractivity contribution >= 4 is 15.9 Å². The molecular weight excluding hydrogens is 296 g/mol. The topological polar surface area (TPSA) is 31.6 Å². The molecule has 1 unspecified atom stereocenters. The fourth-order valence-corrected chi connectivity index (χ4v) is 2.81. The second kappa shape index (κ2) is 4.69. The molecule has 2 heterocycles. The summed E-state index contributed by atoms with van der Waals surface area (Å²) in [4.78, 5) is 0.104. The van der Waals surface area contributed by atoms with Crippen LogP contribution in [0.25, 0.3) is 0 Å². The maximum absolute atomic E-state index is 5.59. The Morgan fingerprint density at radius 3 is 2.61 bits per heavy atom. The van der Waals surface area contributed by atoms with Crippen LogP contribution in [0.2, 0.25) is 0 Å². The van der Waals surface area contributed by atoms with E-state index >= 15 is 0 Å². The molecule has 2 aromatic rings. The Morgan fingerprint density at radius 1 is 1.11 bits per heavy atom. The number of fused-ring (bicyclic) bond motifs is 1. The number of halogens is 1. The van der Waals surface area contributed by atoms with Gasteiger partial charge in [-0.25, -0.2) is 0 Å². The Labute approximate surface area is 114 Å². The Morgan fingerprint density at radius 2 is 1.89 bits per heavy atom. The molecule has 1 aliphatic heterocycles. The second-order valence-corrected chi connectivity index (χ2v) is 5.11. The minimum atomic E-state index is 0.104. The summed E-state index contributed by atoms with van der Waals surface area (Å²) in [5.41, 5.74) is 2.26. The summed E-state index contributed by atoms with van der Waals surface area (Å²) in [6.07, 6.45) is 1.71. The van der Waals surface area contributed by atoms with E-state index in [0.29, 0.717) is 13.2 Å². The van der Waals surface area contributed by atoms with Gasteiger partial charge in [0.05, 0.1) is 11.1 Å². The number of hydrogen-bond donors (Lipinski definition) is 0. The van der Waals surface area contributed by atoms with Crippen LogP contribution >= 0.6 is 15.9 Å². The molecule has 1 atom stereocenters. The highest BCUT2D eigenvalue weighted by Gasteiger charge is 2.18. The summed E-state index contributed by atoms with van der Waals surface area (Å²) in [6.45, 7) is 3.18. The number of benzene rings is 1. The van der Waals surface area contributed by atoms with Crippen molar-refractivity contribution in [2.45, 2.75) is 11.8 Å². The molecule has 0 saturated carbocycles. The van der Waals surface area contributed by atoms with Crippen LogP contribution in [-0.2, 0) is 0 Å². The van der Waals surface area contributed by atoms with Gasteiger partial charge in [-0.3, -0.25) is 0 Å². The van der Waals surface area contributed by atoms with Gasteiger partial charge in [-0.2, -0.15) is 0 Å². The molecule has 3 nitrogen and oxygen atoms in total. The quantitative estimate of drug-likeness (QED) is 0.790. The SMILES string of the molecule is Cc1occc1C(Br)c1ccc2c(c1)OCCO2. The van der Waals surface area contributed by atoms with Crippen molar-refractivity contribution in [1.29, 1.82) is 0 Å². The van der Waals surface area contributed by atoms with Gasteiger partial charge in [-0.05, 0) is 30.7 Å². The average molecular weight is 309 g/mol. The van der Waals surface area contributed by atoms with E-state index in [4.69, 9.17) is 13.9 Å². The highest BCUT2D eigenvalue weighted by Crippen LogP contribution is 2.38. The molecule has 3 rings (SSSR count). The first-order valence-electron chi connectivity index (χ1n) is 5.83. The van der Waals surface area contributed by atoms with E-state index < -0.39 is 0 Å². The first kappa shape index (κ1) is 11.7. The largest absolute Gasteiger partial charge is 0.486 e. The smallest absolute Gasteiger partial charge is 0.161 e. The Hall–Kier alpha value is -1.42. The monoisotopic (exact) mass is 308 g/mol. The van der Waals surface area contributed by atoms with E-state index in [0.717, 1.165) is 28.4 Å². The third-order valence-corrected chi connectivity index (χ3v) is 4.05. The average Bonchev–Trinajstić information content (AvgIpc) is 2.83. The third kappa shape index (κ3) is 2.01. The fraction of sp³-hybridized carbons (Fsp3) is 0.286. The standard InChI is InChI=1S/C14H13BrO3/c1-9-11(4-5-16-9)14(15)10-2-3-12-13(8-10)18-7-6-17-12/h2-5,8,14H,6-7H2,1H3. The van der Waals surface area contributed by atoms with E-state index in [9.17, 15) is 0 Å². The molecule has 0 saturated heterocycles. The number of alkyl halides is 1. The Kier molecular flexibility index (Phi) is 3.04. The first-order chi connectivity index (χ1) is 8.75. The summed E-state index contributed by atoms with van der Waals surface area (Å²) >= 11 is 3.70. The number of hydrogen-bond acceptors (Lipinski definition) is 3. The molecular formula is C14H13BrO3. The number of rotatable bonds is 2. The molecule has 1 aromatic heterocycles. The molecule has 1 aliphatic rings. The van der Waals surface area contributed by atoms with E-state index in [1.165, 1.54) is 0 Å². The molecule has 4 heteroatoms. The predicted molar refractivity (Wildman–Crippen MR) is 71.6 cm³/mol. The van der Waals surface area contributed by atoms with Crippen LogP contribution in [0.4, 0.5) is 0 Å². The van der Waals surface area contributed by atoms with Crippen LogP contribution in [-0.4, -0.2) is 13.2 Å². The molecule has 0 spiro atoms. The van der Waals surface area contributed by atoms with Crippen molar-refractivity contribution < 1.29 is 13.9 Å². The lowest BCUT2D eigenvalue weighted by molar-refractivity contribution is 0.171. The van der Waals surface area contributed by atoms with E-state index in [2.05, 4.69) is 15.9 Å². The number of ether oxygens (including phenoxy) is 2. The Balaban J connectivity index is 1.95. The van der Waals surface area contributed by atoms with Crippen molar-refractivity contribution in [2.24, 2.45) is 0 Å². The minimum Gasteiger partial charge on any atom is -0.486 e. The van der Waals surface area contributed by atoms with Crippen LogP contribution in [0.1, 0.15) is 21.7 Å². The molecule has 0 amide bonds. The van der Waals surface area contributed by atoms with Crippen LogP contribution in [0.15, 0.2) is 34.9 Å². The lowest BCUT2D eigenvalue weighted by Crippen LogP contribution is -2.15. The van der Waals surface area contributed by atoms with Crippen LogP contribution in [0.5, 0.6) is 11.5 Å². The summed E-state index contributed by atoms with van der Waals surface area (Å²) in [5, 5.41) is 0. The highest BCUT2D eigenvalue weighted by atomic mass is 79.9. The molecule has 0 radical (unpaired) electrons. The van der Waals surface area contributed by atoms with Crippen LogP contribution in [0.3, 0.4) is 0 Å². The van der Waals surface area contributed by atoms with Gasteiger partial charge in [0.15, 0.2) is 11.5 Å². The van der Waals surface area contributed by atoms with E-state index in [1.807, 2.05) is 31.2 Å². The van der Waals surface area contributed by atoms with Crippen molar-refractivity contribution in [3.8, 4) is 11.5 Å². The van der Waals surface area contributed by atoms with Gasteiger partial charge in [0.1, 0.15) is 19.0 Å². The predicted octanol–water partition coefficient (Wildman–Crippen LogP) is 3.84. The van der Waals surface area contributed by atoms with Gasteiger partial charge in [-0.15, -0.1) is 0 Å². The van der Waals surface area contributed by atoms with E-state index in [1.54, 1.807) is 6.26 Å². The van der Waals surface area contributed by atoms with Gasteiger partial charge in [0, 0.05) is 5.56 Å². The van der Waals surface area contributed by atoms with Gasteiger partial charge in [0.2, 0.25) is 0 Å². The minimum absolute atomic E-state index is 0.104. The second-order valence-electron chi connectivity index (χ2n) is 4.20. The van der Waals surface area contributed by atoms with Crippen molar-refractivity contribution in [1.82, 2.24) is 0 Å². The lowest BCUT2D eigenvalue weighted by atomic mass is 10.0. The van der Waals surface area contributed by atoms with Crippen LogP contribution < -0.4 is 9.47 Å². The zero-order valence-electron chi connectivity index (χ0n) is 9.98. The maximum atomic E-state index is 5.59. The van der Waals surface area contributed by atoms with Crippen molar-refractivity contribution in [2.75, 3.05) is 13.2 Å². The third-order valence-electron chi connectivity index (χ3n) is 3.03. The van der Waals surface area contributed by atoms with Crippen LogP contribution in [0, 0.1) is 6.92 Å².